The lowest BCUT2D eigenvalue weighted by Crippen LogP contribution is -2.11. The second-order valence-electron chi connectivity index (χ2n) is 4.56. The zero-order chi connectivity index (χ0) is 14.1. The number of nitrogens with zero attached hydrogens (tertiary/aromatic N) is 1. The first-order valence-corrected chi connectivity index (χ1v) is 6.27. The molecule has 1 aromatic heterocycles. The molecule has 0 fully saturated rings. The van der Waals surface area contributed by atoms with E-state index >= 15 is 0 Å². The highest BCUT2D eigenvalue weighted by Crippen LogP contribution is 2.23. The molecule has 0 saturated heterocycles. The number of nitrogens with one attached hydrogen (secondary N) is 1. The quantitative estimate of drug-likeness (QED) is 0.674. The van der Waals surface area contributed by atoms with Gasteiger partial charge < -0.3 is 16.5 Å². The Morgan fingerprint density at radius 2 is 2.00 bits per heavy atom. The molecule has 0 radical (unpaired) electrons. The third kappa shape index (κ3) is 2.04. The van der Waals surface area contributed by atoms with Crippen LogP contribution in [-0.2, 0) is 6.54 Å². The van der Waals surface area contributed by atoms with Crippen LogP contribution in [0.1, 0.15) is 15.9 Å². The summed E-state index contributed by atoms with van der Waals surface area (Å²) in [4.78, 5) is 19.1. The lowest BCUT2D eigenvalue weighted by Gasteiger charge is -1.99. The molecule has 0 atom stereocenters. The van der Waals surface area contributed by atoms with Crippen molar-refractivity contribution in [2.45, 2.75) is 6.54 Å². The maximum Gasteiger partial charge on any atom is 0.250 e. The first-order valence-electron chi connectivity index (χ1n) is 6.27. The minimum absolute atomic E-state index is 0.417. The lowest BCUT2D eigenvalue weighted by atomic mass is 10.1. The van der Waals surface area contributed by atoms with Gasteiger partial charge in [-0.15, -0.1) is 0 Å². The average molecular weight is 266 g/mol. The normalized spacial score (nSPS) is 10.8. The predicted octanol–water partition coefficient (Wildman–Crippen LogP) is 1.79. The van der Waals surface area contributed by atoms with Gasteiger partial charge >= 0.3 is 0 Å². The van der Waals surface area contributed by atoms with Gasteiger partial charge in [-0.25, -0.2) is 4.98 Å². The highest BCUT2D eigenvalue weighted by atomic mass is 16.1. The molecule has 0 bridgehead atoms. The summed E-state index contributed by atoms with van der Waals surface area (Å²) in [7, 11) is 0. The van der Waals surface area contributed by atoms with Crippen LogP contribution in [0.3, 0.4) is 0 Å². The number of amides is 1. The van der Waals surface area contributed by atoms with Crippen LogP contribution in [0.2, 0.25) is 0 Å². The molecule has 1 heterocycles. The number of fused-ring (bicyclic) bond motifs is 1. The van der Waals surface area contributed by atoms with Gasteiger partial charge in [0, 0.05) is 12.1 Å². The molecular weight excluding hydrogens is 252 g/mol. The third-order valence-electron chi connectivity index (χ3n) is 3.21. The fourth-order valence-corrected chi connectivity index (χ4v) is 2.21. The van der Waals surface area contributed by atoms with Crippen LogP contribution < -0.4 is 11.5 Å². The fraction of sp³-hybridized carbons (Fsp3) is 0.0667. The Balaban J connectivity index is 2.17. The Morgan fingerprint density at radius 1 is 1.20 bits per heavy atom. The summed E-state index contributed by atoms with van der Waals surface area (Å²) in [6.45, 7) is 0.473. The Morgan fingerprint density at radius 3 is 2.75 bits per heavy atom. The van der Waals surface area contributed by atoms with Crippen molar-refractivity contribution in [3.63, 3.8) is 0 Å². The SMILES string of the molecule is NCc1cccc(-c2nc3c(C(N)=O)cccc3[nH]2)c1. The Labute approximate surface area is 115 Å². The second kappa shape index (κ2) is 4.79. The standard InChI is InChI=1S/C15H14N4O/c16-8-9-3-1-4-10(7-9)15-18-12-6-2-5-11(14(17)20)13(12)19-15/h1-7H,8,16H2,(H2,17,20)(H,18,19). The molecule has 0 saturated carbocycles. The molecule has 3 aromatic rings. The van der Waals surface area contributed by atoms with Gasteiger partial charge in [0.25, 0.3) is 5.91 Å². The van der Waals surface area contributed by atoms with Crippen LogP contribution in [0.5, 0.6) is 0 Å². The van der Waals surface area contributed by atoms with Crippen molar-refractivity contribution in [2.24, 2.45) is 11.5 Å². The number of hydrogen-bond acceptors (Lipinski definition) is 3. The Bertz CT molecular complexity index is 791. The lowest BCUT2D eigenvalue weighted by molar-refractivity contribution is 0.100. The van der Waals surface area contributed by atoms with Crippen LogP contribution in [0.25, 0.3) is 22.4 Å². The van der Waals surface area contributed by atoms with E-state index in [1.54, 1.807) is 12.1 Å². The molecule has 1 amide bonds. The summed E-state index contributed by atoms with van der Waals surface area (Å²) in [6.07, 6.45) is 0. The Hall–Kier alpha value is -2.66. The first kappa shape index (κ1) is 12.4. The summed E-state index contributed by atoms with van der Waals surface area (Å²) >= 11 is 0. The molecular formula is C15H14N4O. The predicted molar refractivity (Wildman–Crippen MR) is 77.9 cm³/mol. The molecule has 0 unspecified atom stereocenters. The van der Waals surface area contributed by atoms with Gasteiger partial charge in [-0.2, -0.15) is 0 Å². The van der Waals surface area contributed by atoms with Gasteiger partial charge in [-0.3, -0.25) is 4.79 Å². The van der Waals surface area contributed by atoms with Gasteiger partial charge in [0.05, 0.1) is 11.1 Å². The number of nitrogens with two attached hydrogens (primary N) is 2. The maximum absolute atomic E-state index is 11.4. The maximum atomic E-state index is 11.4. The van der Waals surface area contributed by atoms with E-state index in [-0.39, 0.29) is 0 Å². The summed E-state index contributed by atoms with van der Waals surface area (Å²) < 4.78 is 0. The van der Waals surface area contributed by atoms with Crippen molar-refractivity contribution < 1.29 is 4.79 Å². The molecule has 0 aliphatic rings. The summed E-state index contributed by atoms with van der Waals surface area (Å²) in [6, 6.07) is 13.1. The number of para-hydroxylation sites is 1. The van der Waals surface area contributed by atoms with Gasteiger partial charge in [0.15, 0.2) is 0 Å². The van der Waals surface area contributed by atoms with Crippen molar-refractivity contribution in [3.05, 3.63) is 53.6 Å². The van der Waals surface area contributed by atoms with E-state index in [9.17, 15) is 4.79 Å². The monoisotopic (exact) mass is 266 g/mol. The minimum Gasteiger partial charge on any atom is -0.366 e. The molecule has 0 aliphatic carbocycles. The van der Waals surface area contributed by atoms with Crippen molar-refractivity contribution in [1.29, 1.82) is 0 Å². The van der Waals surface area contributed by atoms with Crippen molar-refractivity contribution in [3.8, 4) is 11.4 Å². The fourth-order valence-electron chi connectivity index (χ4n) is 2.21. The van der Waals surface area contributed by atoms with E-state index in [2.05, 4.69) is 9.97 Å². The van der Waals surface area contributed by atoms with Crippen LogP contribution in [0.15, 0.2) is 42.5 Å². The van der Waals surface area contributed by atoms with Crippen LogP contribution >= 0.6 is 0 Å². The topological polar surface area (TPSA) is 97.8 Å². The minimum atomic E-state index is -0.482. The third-order valence-corrected chi connectivity index (χ3v) is 3.21. The number of aromatic nitrogens is 2. The summed E-state index contributed by atoms with van der Waals surface area (Å²) in [5.41, 5.74) is 14.8. The van der Waals surface area contributed by atoms with Gasteiger partial charge in [0.1, 0.15) is 11.3 Å². The highest BCUT2D eigenvalue weighted by molar-refractivity contribution is 6.04. The van der Waals surface area contributed by atoms with Crippen LogP contribution in [0.4, 0.5) is 0 Å². The second-order valence-corrected chi connectivity index (χ2v) is 4.56. The number of aromatic amines is 1. The zero-order valence-electron chi connectivity index (χ0n) is 10.8. The number of imidazole rings is 1. The van der Waals surface area contributed by atoms with Crippen molar-refractivity contribution in [2.75, 3.05) is 0 Å². The molecule has 2 aromatic carbocycles. The molecule has 100 valence electrons. The van der Waals surface area contributed by atoms with Gasteiger partial charge in [-0.1, -0.05) is 24.3 Å². The van der Waals surface area contributed by atoms with E-state index in [1.807, 2.05) is 30.3 Å². The largest absolute Gasteiger partial charge is 0.366 e. The van der Waals surface area contributed by atoms with Crippen LogP contribution in [-0.4, -0.2) is 15.9 Å². The number of rotatable bonds is 3. The summed E-state index contributed by atoms with van der Waals surface area (Å²) in [5.74, 6) is 0.216. The van der Waals surface area contributed by atoms with E-state index < -0.39 is 5.91 Å². The Kier molecular flexibility index (Phi) is 2.96. The van der Waals surface area contributed by atoms with E-state index in [4.69, 9.17) is 11.5 Å². The average Bonchev–Trinajstić information content (AvgIpc) is 2.91. The van der Waals surface area contributed by atoms with Crippen molar-refractivity contribution >= 4 is 16.9 Å². The van der Waals surface area contributed by atoms with E-state index in [0.29, 0.717) is 23.4 Å². The molecule has 0 spiro atoms. The molecule has 3 rings (SSSR count). The number of benzene rings is 2. The van der Waals surface area contributed by atoms with Gasteiger partial charge in [-0.05, 0) is 23.8 Å². The number of H-pyrrole nitrogens is 1. The highest BCUT2D eigenvalue weighted by Gasteiger charge is 2.12. The van der Waals surface area contributed by atoms with Crippen molar-refractivity contribution in [1.82, 2.24) is 9.97 Å². The number of primary amides is 1. The van der Waals surface area contributed by atoms with E-state index in [0.717, 1.165) is 16.6 Å². The number of hydrogen-bond donors (Lipinski definition) is 3. The zero-order valence-corrected chi connectivity index (χ0v) is 10.8. The van der Waals surface area contributed by atoms with Crippen LogP contribution in [0, 0.1) is 0 Å². The smallest absolute Gasteiger partial charge is 0.250 e. The molecule has 20 heavy (non-hydrogen) atoms. The number of carbonyl (C=O) groups is 1. The molecule has 0 aliphatic heterocycles. The molecule has 5 heteroatoms. The molecule has 5 nitrogen and oxygen atoms in total. The molecule has 5 N–H and O–H groups in total. The number of carbonyl (C=O) groups excluding carboxylic acids is 1. The van der Waals surface area contributed by atoms with Gasteiger partial charge in [0.2, 0.25) is 0 Å². The first-order chi connectivity index (χ1) is 9.69. The van der Waals surface area contributed by atoms with E-state index in [1.165, 1.54) is 0 Å². The summed E-state index contributed by atoms with van der Waals surface area (Å²) in [5, 5.41) is 0.